The molecule has 0 aliphatic carbocycles. The summed E-state index contributed by atoms with van der Waals surface area (Å²) in [7, 11) is 0.494. The van der Waals surface area contributed by atoms with Crippen LogP contribution in [-0.2, 0) is 13.3 Å². The highest BCUT2D eigenvalue weighted by Crippen LogP contribution is 2.07. The zero-order chi connectivity index (χ0) is 11.1. The van der Waals surface area contributed by atoms with E-state index in [9.17, 15) is 0 Å². The summed E-state index contributed by atoms with van der Waals surface area (Å²) in [5.74, 6) is 0. The van der Waals surface area contributed by atoms with Crippen molar-refractivity contribution in [2.75, 3.05) is 20.8 Å². The molecule has 1 rings (SSSR count). The van der Waals surface area contributed by atoms with Crippen molar-refractivity contribution in [3.63, 3.8) is 0 Å². The lowest BCUT2D eigenvalue weighted by atomic mass is 10.4. The van der Waals surface area contributed by atoms with Crippen LogP contribution >= 0.6 is 0 Å². The fraction of sp³-hybridized carbons (Fsp3) is 0.273. The molecule has 1 aromatic carbocycles. The van der Waals surface area contributed by atoms with E-state index < -0.39 is 8.80 Å². The van der Waals surface area contributed by atoms with Gasteiger partial charge < -0.3 is 13.3 Å². The highest BCUT2D eigenvalue weighted by molar-refractivity contribution is 6.75. The zero-order valence-electron chi connectivity index (χ0n) is 9.10. The topological polar surface area (TPSA) is 27.7 Å². The van der Waals surface area contributed by atoms with Gasteiger partial charge in [-0.05, 0) is 0 Å². The first-order valence-electron chi connectivity index (χ1n) is 4.69. The van der Waals surface area contributed by atoms with E-state index in [2.05, 4.69) is 6.58 Å². The van der Waals surface area contributed by atoms with E-state index in [0.717, 1.165) is 5.19 Å². The van der Waals surface area contributed by atoms with Crippen LogP contribution in [0.15, 0.2) is 43.0 Å². The van der Waals surface area contributed by atoms with Crippen molar-refractivity contribution in [2.45, 2.75) is 0 Å². The monoisotopic (exact) mass is 224 g/mol. The molecule has 0 spiro atoms. The minimum Gasteiger partial charge on any atom is -0.373 e. The molecule has 1 aromatic rings. The van der Waals surface area contributed by atoms with Gasteiger partial charge in [0, 0.05) is 19.4 Å². The molecule has 0 aliphatic rings. The first-order valence-corrected chi connectivity index (χ1v) is 6.42. The Balaban J connectivity index is 2.94. The third-order valence-electron chi connectivity index (χ3n) is 2.06. The van der Waals surface area contributed by atoms with E-state index in [4.69, 9.17) is 13.3 Å². The lowest BCUT2D eigenvalue weighted by Gasteiger charge is -2.25. The summed E-state index contributed by atoms with van der Waals surface area (Å²) in [5.41, 5.74) is 0. The second-order valence-electron chi connectivity index (χ2n) is 2.93. The van der Waals surface area contributed by atoms with E-state index in [1.165, 1.54) is 0 Å². The Bertz CT molecular complexity index is 296. The molecule has 0 bridgehead atoms. The van der Waals surface area contributed by atoms with Crippen LogP contribution in [0.25, 0.3) is 0 Å². The molecule has 4 heteroatoms. The van der Waals surface area contributed by atoms with Gasteiger partial charge in [0.15, 0.2) is 0 Å². The van der Waals surface area contributed by atoms with Crippen LogP contribution in [0.5, 0.6) is 0 Å². The summed E-state index contributed by atoms with van der Waals surface area (Å²) >= 11 is 0. The molecule has 0 unspecified atom stereocenters. The van der Waals surface area contributed by atoms with Crippen molar-refractivity contribution in [2.24, 2.45) is 0 Å². The van der Waals surface area contributed by atoms with Gasteiger partial charge in [0.25, 0.3) is 0 Å². The molecule has 15 heavy (non-hydrogen) atoms. The second kappa shape index (κ2) is 5.82. The molecule has 0 atom stereocenters. The molecule has 3 nitrogen and oxygen atoms in total. The average molecular weight is 224 g/mol. The average Bonchev–Trinajstić information content (AvgIpc) is 2.33. The minimum absolute atomic E-state index is 0.419. The molecule has 0 aromatic heterocycles. The predicted molar refractivity (Wildman–Crippen MR) is 62.0 cm³/mol. The van der Waals surface area contributed by atoms with Crippen LogP contribution < -0.4 is 5.19 Å². The van der Waals surface area contributed by atoms with Crippen molar-refractivity contribution >= 4 is 14.0 Å². The van der Waals surface area contributed by atoms with Gasteiger partial charge in [-0.2, -0.15) is 0 Å². The quantitative estimate of drug-likeness (QED) is 0.539. The third kappa shape index (κ3) is 2.76. The maximum atomic E-state index is 5.64. The fourth-order valence-electron chi connectivity index (χ4n) is 1.33. The van der Waals surface area contributed by atoms with Gasteiger partial charge >= 0.3 is 8.80 Å². The number of benzene rings is 1. The molecule has 0 aliphatic heterocycles. The first-order chi connectivity index (χ1) is 7.29. The van der Waals surface area contributed by atoms with Crippen LogP contribution in [0.1, 0.15) is 0 Å². The predicted octanol–water partition coefficient (Wildman–Crippen LogP) is 1.33. The molecule has 0 amide bonds. The van der Waals surface area contributed by atoms with Crippen LogP contribution in [0.3, 0.4) is 0 Å². The summed E-state index contributed by atoms with van der Waals surface area (Å²) in [4.78, 5) is 0. The van der Waals surface area contributed by atoms with Crippen LogP contribution in [-0.4, -0.2) is 29.6 Å². The molecule has 0 fully saturated rings. The molecule has 0 radical (unpaired) electrons. The SMILES string of the molecule is C=CCO[Si](OC)(OC)c1ccccc1. The molecule has 82 valence electrons. The standard InChI is InChI=1S/C11H16O3Si/c1-4-10-14-15(12-2,13-3)11-8-6-5-7-9-11/h4-9H,1,10H2,2-3H3. The third-order valence-corrected chi connectivity index (χ3v) is 4.72. The normalized spacial score (nSPS) is 11.3. The van der Waals surface area contributed by atoms with Gasteiger partial charge in [-0.3, -0.25) is 0 Å². The summed E-state index contributed by atoms with van der Waals surface area (Å²) in [5, 5.41) is 0.955. The molecular formula is C11H16O3Si. The molecule has 0 saturated carbocycles. The van der Waals surface area contributed by atoms with Crippen molar-refractivity contribution in [1.82, 2.24) is 0 Å². The minimum atomic E-state index is -2.71. The second-order valence-corrected chi connectivity index (χ2v) is 5.73. The van der Waals surface area contributed by atoms with Crippen molar-refractivity contribution in [3.8, 4) is 0 Å². The largest absolute Gasteiger partial charge is 0.536 e. The smallest absolute Gasteiger partial charge is 0.373 e. The summed E-state index contributed by atoms with van der Waals surface area (Å²) in [6.45, 7) is 4.03. The van der Waals surface area contributed by atoms with Crippen LogP contribution in [0.4, 0.5) is 0 Å². The lowest BCUT2D eigenvalue weighted by Crippen LogP contribution is -2.55. The molecule has 0 saturated heterocycles. The van der Waals surface area contributed by atoms with E-state index in [1.54, 1.807) is 20.3 Å². The maximum absolute atomic E-state index is 5.64. The number of hydrogen-bond donors (Lipinski definition) is 0. The van der Waals surface area contributed by atoms with Crippen molar-refractivity contribution in [3.05, 3.63) is 43.0 Å². The van der Waals surface area contributed by atoms with Gasteiger partial charge in [-0.1, -0.05) is 36.4 Å². The lowest BCUT2D eigenvalue weighted by molar-refractivity contribution is 0.126. The molecular weight excluding hydrogens is 208 g/mol. The fourth-order valence-corrected chi connectivity index (χ4v) is 3.31. The molecule has 0 N–H and O–H groups in total. The Morgan fingerprint density at radius 1 is 1.20 bits per heavy atom. The highest BCUT2D eigenvalue weighted by Gasteiger charge is 2.41. The van der Waals surface area contributed by atoms with E-state index in [-0.39, 0.29) is 0 Å². The van der Waals surface area contributed by atoms with Gasteiger partial charge in [0.2, 0.25) is 0 Å². The van der Waals surface area contributed by atoms with E-state index in [1.807, 2.05) is 30.3 Å². The van der Waals surface area contributed by atoms with Gasteiger partial charge in [0.1, 0.15) is 0 Å². The zero-order valence-corrected chi connectivity index (χ0v) is 10.1. The Morgan fingerprint density at radius 3 is 2.27 bits per heavy atom. The highest BCUT2D eigenvalue weighted by atomic mass is 28.4. The summed E-state index contributed by atoms with van der Waals surface area (Å²) in [6, 6.07) is 9.71. The first kappa shape index (κ1) is 12.1. The summed E-state index contributed by atoms with van der Waals surface area (Å²) in [6.07, 6.45) is 1.68. The Morgan fingerprint density at radius 2 is 1.80 bits per heavy atom. The Hall–Kier alpha value is -0.943. The Labute approximate surface area is 91.7 Å². The van der Waals surface area contributed by atoms with Crippen molar-refractivity contribution in [1.29, 1.82) is 0 Å². The van der Waals surface area contributed by atoms with Crippen LogP contribution in [0.2, 0.25) is 0 Å². The van der Waals surface area contributed by atoms with Gasteiger partial charge in [0.05, 0.1) is 6.61 Å². The molecule has 0 heterocycles. The van der Waals surface area contributed by atoms with Gasteiger partial charge in [-0.25, -0.2) is 0 Å². The summed E-state index contributed by atoms with van der Waals surface area (Å²) < 4.78 is 16.5. The van der Waals surface area contributed by atoms with E-state index >= 15 is 0 Å². The number of hydrogen-bond acceptors (Lipinski definition) is 3. The van der Waals surface area contributed by atoms with Crippen LogP contribution in [0, 0.1) is 0 Å². The Kier molecular flexibility index (Phi) is 4.71. The maximum Gasteiger partial charge on any atom is 0.536 e. The van der Waals surface area contributed by atoms with Gasteiger partial charge in [-0.15, -0.1) is 6.58 Å². The van der Waals surface area contributed by atoms with Crippen molar-refractivity contribution < 1.29 is 13.3 Å². The number of rotatable bonds is 6. The van der Waals surface area contributed by atoms with E-state index in [0.29, 0.717) is 6.61 Å².